The van der Waals surface area contributed by atoms with Crippen molar-refractivity contribution < 1.29 is 22.6 Å². The molecule has 25 heavy (non-hydrogen) atoms. The normalized spacial score (nSPS) is 10.9. The molecular weight excluding hydrogens is 346 g/mol. The highest BCUT2D eigenvalue weighted by Gasteiger charge is 2.13. The maximum atomic E-state index is 11.6. The van der Waals surface area contributed by atoms with Crippen molar-refractivity contribution in [2.24, 2.45) is 0 Å². The molecule has 0 spiro atoms. The smallest absolute Gasteiger partial charge is 0.232 e. The van der Waals surface area contributed by atoms with E-state index in [4.69, 9.17) is 14.2 Å². The molecule has 0 aliphatic carbocycles. The molecule has 0 aliphatic heterocycles. The molecule has 2 aromatic rings. The summed E-state index contributed by atoms with van der Waals surface area (Å²) in [5.74, 6) is 2.05. The van der Waals surface area contributed by atoms with Crippen LogP contribution in [0.4, 0.5) is 17.2 Å². The van der Waals surface area contributed by atoms with Gasteiger partial charge in [-0.25, -0.2) is 13.4 Å². The van der Waals surface area contributed by atoms with Gasteiger partial charge in [0.1, 0.15) is 5.82 Å². The maximum Gasteiger partial charge on any atom is 0.232 e. The average molecular weight is 367 g/mol. The molecule has 1 heterocycles. The number of anilines is 3. The second-order valence-corrected chi connectivity index (χ2v) is 6.99. The lowest BCUT2D eigenvalue weighted by molar-refractivity contribution is 0.324. The molecule has 8 nitrogen and oxygen atoms in total. The van der Waals surface area contributed by atoms with Crippen LogP contribution in [0.5, 0.6) is 17.2 Å². The summed E-state index contributed by atoms with van der Waals surface area (Å²) in [7, 11) is 1.28. The number of hydrogen-bond acceptors (Lipinski definition) is 7. The second-order valence-electron chi connectivity index (χ2n) is 4.98. The van der Waals surface area contributed by atoms with Gasteiger partial charge in [0.15, 0.2) is 11.5 Å². The first-order valence-electron chi connectivity index (χ1n) is 7.46. The van der Waals surface area contributed by atoms with E-state index in [-0.39, 0.29) is 5.75 Å². The number of aromatic nitrogens is 1. The molecule has 0 amide bonds. The molecule has 1 aromatic carbocycles. The quantitative estimate of drug-likeness (QED) is 0.740. The minimum absolute atomic E-state index is 0.00155. The molecule has 0 aliphatic rings. The van der Waals surface area contributed by atoms with Crippen LogP contribution in [0.15, 0.2) is 30.5 Å². The first-order valence-corrected chi connectivity index (χ1v) is 9.11. The number of pyridine rings is 1. The molecule has 2 rings (SSSR count). The van der Waals surface area contributed by atoms with Gasteiger partial charge in [-0.1, -0.05) is 0 Å². The molecule has 2 N–H and O–H groups in total. The Morgan fingerprint density at radius 3 is 2.08 bits per heavy atom. The second kappa shape index (κ2) is 7.93. The van der Waals surface area contributed by atoms with Gasteiger partial charge in [0, 0.05) is 17.8 Å². The van der Waals surface area contributed by atoms with Crippen LogP contribution in [0.1, 0.15) is 6.92 Å². The van der Waals surface area contributed by atoms with Crippen LogP contribution in [0, 0.1) is 0 Å². The number of hydrogen-bond donors (Lipinski definition) is 2. The van der Waals surface area contributed by atoms with E-state index in [0.717, 1.165) is 0 Å². The third-order valence-electron chi connectivity index (χ3n) is 3.35. The Balaban J connectivity index is 2.22. The number of methoxy groups -OCH3 is 3. The molecule has 0 fully saturated rings. The lowest BCUT2D eigenvalue weighted by Gasteiger charge is -2.15. The third-order valence-corrected chi connectivity index (χ3v) is 4.66. The highest BCUT2D eigenvalue weighted by atomic mass is 32.2. The molecule has 0 bridgehead atoms. The van der Waals surface area contributed by atoms with E-state index in [1.165, 1.54) is 27.5 Å². The van der Waals surface area contributed by atoms with Crippen molar-refractivity contribution in [2.45, 2.75) is 6.92 Å². The summed E-state index contributed by atoms with van der Waals surface area (Å²) >= 11 is 0. The number of benzene rings is 1. The fourth-order valence-electron chi connectivity index (χ4n) is 2.08. The average Bonchev–Trinajstić information content (AvgIpc) is 2.62. The van der Waals surface area contributed by atoms with Gasteiger partial charge in [0.2, 0.25) is 15.8 Å². The number of rotatable bonds is 8. The Hall–Kier alpha value is -2.68. The zero-order valence-electron chi connectivity index (χ0n) is 14.5. The lowest BCUT2D eigenvalue weighted by atomic mass is 10.2. The van der Waals surface area contributed by atoms with Gasteiger partial charge >= 0.3 is 0 Å². The van der Waals surface area contributed by atoms with Crippen molar-refractivity contribution in [3.8, 4) is 17.2 Å². The van der Waals surface area contributed by atoms with Gasteiger partial charge < -0.3 is 19.5 Å². The van der Waals surface area contributed by atoms with Crippen LogP contribution in [0.25, 0.3) is 0 Å². The van der Waals surface area contributed by atoms with Gasteiger partial charge in [0.25, 0.3) is 0 Å². The lowest BCUT2D eigenvalue weighted by Crippen LogP contribution is -2.14. The van der Waals surface area contributed by atoms with Crippen molar-refractivity contribution in [1.29, 1.82) is 0 Å². The summed E-state index contributed by atoms with van der Waals surface area (Å²) < 4.78 is 41.4. The Morgan fingerprint density at radius 2 is 1.64 bits per heavy atom. The largest absolute Gasteiger partial charge is 0.493 e. The zero-order chi connectivity index (χ0) is 18.4. The summed E-state index contributed by atoms with van der Waals surface area (Å²) in [5.41, 5.74) is 1.08. The van der Waals surface area contributed by atoms with Crippen LogP contribution in [0.2, 0.25) is 0 Å². The first kappa shape index (κ1) is 18.7. The van der Waals surface area contributed by atoms with Crippen LogP contribution in [-0.4, -0.2) is 40.5 Å². The summed E-state index contributed by atoms with van der Waals surface area (Å²) in [5, 5.41) is 3.10. The number of sulfonamides is 1. The Bertz CT molecular complexity index is 797. The summed E-state index contributed by atoms with van der Waals surface area (Å²) in [6.07, 6.45) is 1.44. The van der Waals surface area contributed by atoms with Gasteiger partial charge in [-0.3, -0.25) is 4.72 Å². The van der Waals surface area contributed by atoms with Crippen LogP contribution in [0.3, 0.4) is 0 Å². The standard InChI is InChI=1S/C16H21N3O5S/c1-5-25(20,21)19-11-6-7-15(17-10-11)18-12-8-13(22-2)16(24-4)14(9-12)23-3/h6-10,19H,5H2,1-4H3,(H,17,18). The van der Waals surface area contributed by atoms with Crippen molar-refractivity contribution >= 4 is 27.2 Å². The molecule has 0 saturated heterocycles. The van der Waals surface area contributed by atoms with E-state index in [1.54, 1.807) is 31.2 Å². The van der Waals surface area contributed by atoms with E-state index in [9.17, 15) is 8.42 Å². The van der Waals surface area contributed by atoms with Crippen LogP contribution < -0.4 is 24.2 Å². The zero-order valence-corrected chi connectivity index (χ0v) is 15.3. The Kier molecular flexibility index (Phi) is 5.92. The predicted molar refractivity (Wildman–Crippen MR) is 96.7 cm³/mol. The number of nitrogens with zero attached hydrogens (tertiary/aromatic N) is 1. The highest BCUT2D eigenvalue weighted by molar-refractivity contribution is 7.92. The van der Waals surface area contributed by atoms with Crippen molar-refractivity contribution in [2.75, 3.05) is 37.1 Å². The van der Waals surface area contributed by atoms with E-state index < -0.39 is 10.0 Å². The van der Waals surface area contributed by atoms with Crippen molar-refractivity contribution in [3.05, 3.63) is 30.5 Å². The van der Waals surface area contributed by atoms with E-state index in [2.05, 4.69) is 15.0 Å². The molecule has 0 unspecified atom stereocenters. The van der Waals surface area contributed by atoms with Gasteiger partial charge in [0.05, 0.1) is 39.0 Å². The topological polar surface area (TPSA) is 98.8 Å². The Morgan fingerprint density at radius 1 is 1.00 bits per heavy atom. The highest BCUT2D eigenvalue weighted by Crippen LogP contribution is 2.40. The first-order chi connectivity index (χ1) is 11.9. The minimum Gasteiger partial charge on any atom is -0.493 e. The van der Waals surface area contributed by atoms with Crippen LogP contribution >= 0.6 is 0 Å². The van der Waals surface area contributed by atoms with E-state index in [1.807, 2.05) is 0 Å². The van der Waals surface area contributed by atoms with E-state index in [0.29, 0.717) is 34.4 Å². The third kappa shape index (κ3) is 4.66. The monoisotopic (exact) mass is 367 g/mol. The summed E-state index contributed by atoms with van der Waals surface area (Å²) in [6, 6.07) is 6.78. The molecule has 136 valence electrons. The summed E-state index contributed by atoms with van der Waals surface area (Å²) in [6.45, 7) is 1.57. The molecule has 1 aromatic heterocycles. The molecular formula is C16H21N3O5S. The molecule has 0 atom stereocenters. The van der Waals surface area contributed by atoms with Gasteiger partial charge in [-0.05, 0) is 19.1 Å². The van der Waals surface area contributed by atoms with Gasteiger partial charge in [-0.15, -0.1) is 0 Å². The SMILES string of the molecule is CCS(=O)(=O)Nc1ccc(Nc2cc(OC)c(OC)c(OC)c2)nc1. The van der Waals surface area contributed by atoms with Crippen molar-refractivity contribution in [3.63, 3.8) is 0 Å². The maximum absolute atomic E-state index is 11.6. The summed E-state index contributed by atoms with van der Waals surface area (Å²) in [4.78, 5) is 4.20. The van der Waals surface area contributed by atoms with Crippen molar-refractivity contribution in [1.82, 2.24) is 4.98 Å². The fourth-order valence-corrected chi connectivity index (χ4v) is 2.71. The minimum atomic E-state index is -3.33. The molecule has 0 saturated carbocycles. The van der Waals surface area contributed by atoms with Gasteiger partial charge in [-0.2, -0.15) is 0 Å². The number of nitrogens with one attached hydrogen (secondary N) is 2. The fraction of sp³-hybridized carbons (Fsp3) is 0.312. The predicted octanol–water partition coefficient (Wildman–Crippen LogP) is 2.61. The van der Waals surface area contributed by atoms with E-state index >= 15 is 0 Å². The van der Waals surface area contributed by atoms with Crippen LogP contribution in [-0.2, 0) is 10.0 Å². The molecule has 9 heteroatoms. The molecule has 0 radical (unpaired) electrons. The Labute approximate surface area is 147 Å². The number of ether oxygens (including phenoxy) is 3.